The van der Waals surface area contributed by atoms with Gasteiger partial charge in [0.05, 0.1) is 12.0 Å². The molecule has 0 spiro atoms. The highest BCUT2D eigenvalue weighted by atomic mass is 32.1. The van der Waals surface area contributed by atoms with E-state index in [1.807, 2.05) is 0 Å². The minimum atomic E-state index is -4.41. The number of alkyl halides is 3. The molecule has 0 aliphatic heterocycles. The van der Waals surface area contributed by atoms with Crippen LogP contribution >= 0.6 is 11.3 Å². The zero-order valence-electron chi connectivity index (χ0n) is 11.1. The van der Waals surface area contributed by atoms with Crippen molar-refractivity contribution in [2.24, 2.45) is 0 Å². The van der Waals surface area contributed by atoms with E-state index in [9.17, 15) is 18.0 Å². The van der Waals surface area contributed by atoms with Crippen molar-refractivity contribution in [2.75, 3.05) is 0 Å². The number of benzene rings is 1. The lowest BCUT2D eigenvalue weighted by molar-refractivity contribution is -0.138. The van der Waals surface area contributed by atoms with Gasteiger partial charge in [0.15, 0.2) is 0 Å². The zero-order valence-corrected chi connectivity index (χ0v) is 12.0. The third-order valence-electron chi connectivity index (χ3n) is 3.09. The van der Waals surface area contributed by atoms with Gasteiger partial charge in [0.25, 0.3) is 0 Å². The molecule has 0 amide bonds. The van der Waals surface area contributed by atoms with Crippen LogP contribution in [0.15, 0.2) is 36.4 Å². The van der Waals surface area contributed by atoms with Crippen molar-refractivity contribution in [3.8, 4) is 10.4 Å². The smallest absolute Gasteiger partial charge is 0.417 e. The van der Waals surface area contributed by atoms with Crippen molar-refractivity contribution in [3.63, 3.8) is 0 Å². The van der Waals surface area contributed by atoms with Crippen LogP contribution in [-0.4, -0.2) is 11.1 Å². The second-order valence-corrected chi connectivity index (χ2v) is 5.86. The van der Waals surface area contributed by atoms with Gasteiger partial charge in [-0.2, -0.15) is 13.2 Å². The Hall–Kier alpha value is -1.82. The molecule has 0 radical (unpaired) electrons. The van der Waals surface area contributed by atoms with Crippen molar-refractivity contribution in [1.29, 1.82) is 0 Å². The van der Waals surface area contributed by atoms with Crippen molar-refractivity contribution < 1.29 is 23.1 Å². The Kier molecular flexibility index (Phi) is 4.37. The Labute approximate surface area is 123 Å². The number of carbonyl (C=O) groups is 1. The molecule has 0 bridgehead atoms. The Morgan fingerprint density at radius 1 is 1.24 bits per heavy atom. The number of aliphatic carboxylic acids is 1. The Morgan fingerprint density at radius 3 is 2.52 bits per heavy atom. The maximum atomic E-state index is 13.0. The van der Waals surface area contributed by atoms with E-state index in [-0.39, 0.29) is 17.9 Å². The molecule has 0 saturated heterocycles. The van der Waals surface area contributed by atoms with Gasteiger partial charge in [-0.3, -0.25) is 4.79 Å². The quantitative estimate of drug-likeness (QED) is 0.861. The molecule has 0 aliphatic carbocycles. The van der Waals surface area contributed by atoms with Crippen LogP contribution in [0.1, 0.15) is 29.7 Å². The molecule has 0 aliphatic rings. The number of hydrogen-bond acceptors (Lipinski definition) is 2. The monoisotopic (exact) mass is 314 g/mol. The summed E-state index contributed by atoms with van der Waals surface area (Å²) in [5, 5.41) is 8.78. The fourth-order valence-electron chi connectivity index (χ4n) is 2.07. The van der Waals surface area contributed by atoms with Crippen molar-refractivity contribution in [3.05, 3.63) is 46.8 Å². The van der Waals surface area contributed by atoms with Crippen LogP contribution in [0, 0.1) is 0 Å². The molecule has 112 valence electrons. The van der Waals surface area contributed by atoms with Crippen LogP contribution in [-0.2, 0) is 11.0 Å². The molecule has 0 saturated carbocycles. The van der Waals surface area contributed by atoms with Crippen LogP contribution < -0.4 is 0 Å². The number of carboxylic acids is 1. The van der Waals surface area contributed by atoms with Gasteiger partial charge in [-0.1, -0.05) is 25.1 Å². The van der Waals surface area contributed by atoms with Crippen molar-refractivity contribution >= 4 is 17.3 Å². The third-order valence-corrected chi connectivity index (χ3v) is 4.44. The molecule has 21 heavy (non-hydrogen) atoms. The number of hydrogen-bond donors (Lipinski definition) is 1. The van der Waals surface area contributed by atoms with Crippen molar-refractivity contribution in [2.45, 2.75) is 25.4 Å². The molecule has 2 aromatic rings. The molecule has 1 N–H and O–H groups in total. The Bertz CT molecular complexity index is 646. The van der Waals surface area contributed by atoms with Gasteiger partial charge in [-0.05, 0) is 18.2 Å². The molecule has 1 aromatic heterocycles. The van der Waals surface area contributed by atoms with Crippen LogP contribution in [0.25, 0.3) is 10.4 Å². The van der Waals surface area contributed by atoms with E-state index >= 15 is 0 Å². The molecule has 1 atom stereocenters. The van der Waals surface area contributed by atoms with E-state index in [1.54, 1.807) is 25.1 Å². The normalized spacial score (nSPS) is 13.1. The molecule has 6 heteroatoms. The SMILES string of the molecule is CC(CC(=O)O)c1ccc(-c2ccccc2C(F)(F)F)s1. The van der Waals surface area contributed by atoms with E-state index in [0.717, 1.165) is 10.9 Å². The van der Waals surface area contributed by atoms with Gasteiger partial charge in [0.2, 0.25) is 0 Å². The topological polar surface area (TPSA) is 37.3 Å². The first-order chi connectivity index (χ1) is 9.79. The summed E-state index contributed by atoms with van der Waals surface area (Å²) in [6.45, 7) is 1.75. The minimum Gasteiger partial charge on any atom is -0.481 e. The van der Waals surface area contributed by atoms with Crippen LogP contribution in [0.5, 0.6) is 0 Å². The molecule has 1 unspecified atom stereocenters. The Balaban J connectivity index is 2.37. The maximum Gasteiger partial charge on any atom is 0.417 e. The van der Waals surface area contributed by atoms with Gasteiger partial charge in [-0.15, -0.1) is 11.3 Å². The summed E-state index contributed by atoms with van der Waals surface area (Å²) < 4.78 is 39.0. The number of carboxylic acid groups (broad SMARTS) is 1. The third kappa shape index (κ3) is 3.64. The average molecular weight is 314 g/mol. The van der Waals surface area contributed by atoms with E-state index in [4.69, 9.17) is 5.11 Å². The van der Waals surface area contributed by atoms with Gasteiger partial charge in [0, 0.05) is 21.2 Å². The summed E-state index contributed by atoms with van der Waals surface area (Å²) >= 11 is 1.20. The van der Waals surface area contributed by atoms with Gasteiger partial charge in [-0.25, -0.2) is 0 Å². The predicted molar refractivity (Wildman–Crippen MR) is 75.4 cm³/mol. The van der Waals surface area contributed by atoms with E-state index in [0.29, 0.717) is 4.88 Å². The lowest BCUT2D eigenvalue weighted by Crippen LogP contribution is -2.06. The van der Waals surface area contributed by atoms with Crippen LogP contribution in [0.4, 0.5) is 13.2 Å². The van der Waals surface area contributed by atoms with Gasteiger partial charge >= 0.3 is 12.1 Å². The summed E-state index contributed by atoms with van der Waals surface area (Å²) in [7, 11) is 0. The molecule has 2 nitrogen and oxygen atoms in total. The first-order valence-electron chi connectivity index (χ1n) is 6.27. The second-order valence-electron chi connectivity index (χ2n) is 4.74. The summed E-state index contributed by atoms with van der Waals surface area (Å²) in [6, 6.07) is 8.71. The highest BCUT2D eigenvalue weighted by Crippen LogP contribution is 2.40. The summed E-state index contributed by atoms with van der Waals surface area (Å²) in [4.78, 5) is 12.0. The van der Waals surface area contributed by atoms with E-state index in [1.165, 1.54) is 23.5 Å². The lowest BCUT2D eigenvalue weighted by atomic mass is 10.0. The summed E-state index contributed by atoms with van der Waals surface area (Å²) in [5.41, 5.74) is -0.548. The molecule has 0 fully saturated rings. The second kappa shape index (κ2) is 5.89. The first-order valence-corrected chi connectivity index (χ1v) is 7.09. The summed E-state index contributed by atoms with van der Waals surface area (Å²) in [5.74, 6) is -1.15. The van der Waals surface area contributed by atoms with Crippen LogP contribution in [0.2, 0.25) is 0 Å². The highest BCUT2D eigenvalue weighted by Gasteiger charge is 2.33. The highest BCUT2D eigenvalue weighted by molar-refractivity contribution is 7.15. The molecule has 1 aromatic carbocycles. The molecular weight excluding hydrogens is 301 g/mol. The fourth-order valence-corrected chi connectivity index (χ4v) is 3.17. The van der Waals surface area contributed by atoms with E-state index in [2.05, 4.69) is 0 Å². The average Bonchev–Trinajstić information content (AvgIpc) is 2.86. The molecule has 2 rings (SSSR count). The minimum absolute atomic E-state index is 0.0408. The summed E-state index contributed by atoms with van der Waals surface area (Å²) in [6.07, 6.45) is -4.45. The van der Waals surface area contributed by atoms with Gasteiger partial charge < -0.3 is 5.11 Å². The van der Waals surface area contributed by atoms with Gasteiger partial charge in [0.1, 0.15) is 0 Å². The fraction of sp³-hybridized carbons (Fsp3) is 0.267. The lowest BCUT2D eigenvalue weighted by Gasteiger charge is -2.11. The molecule has 1 heterocycles. The standard InChI is InChI=1S/C15H13F3O2S/c1-9(8-14(19)20)12-6-7-13(21-12)10-4-2-3-5-11(10)15(16,17)18/h2-7,9H,8H2,1H3,(H,19,20). The predicted octanol–water partition coefficient (Wildman–Crippen LogP) is 5.01. The largest absolute Gasteiger partial charge is 0.481 e. The van der Waals surface area contributed by atoms with Crippen LogP contribution in [0.3, 0.4) is 0 Å². The Morgan fingerprint density at radius 2 is 1.90 bits per heavy atom. The molecular formula is C15H13F3O2S. The van der Waals surface area contributed by atoms with E-state index < -0.39 is 17.7 Å². The number of halogens is 3. The number of rotatable bonds is 4. The van der Waals surface area contributed by atoms with Crippen molar-refractivity contribution in [1.82, 2.24) is 0 Å². The first kappa shape index (κ1) is 15.6. The number of thiophene rings is 1. The zero-order chi connectivity index (χ0) is 15.6. The maximum absolute atomic E-state index is 13.0.